The molecule has 2 aromatic rings. The number of nitrogens with zero attached hydrogens (tertiary/aromatic N) is 2. The van der Waals surface area contributed by atoms with Gasteiger partial charge in [-0.15, -0.1) is 0 Å². The molecule has 1 fully saturated rings. The number of imidazole rings is 1. The summed E-state index contributed by atoms with van der Waals surface area (Å²) >= 11 is 0. The monoisotopic (exact) mass is 260 g/mol. The van der Waals surface area contributed by atoms with Crippen molar-refractivity contribution in [3.63, 3.8) is 0 Å². The predicted octanol–water partition coefficient (Wildman–Crippen LogP) is 2.36. The topological polar surface area (TPSA) is 52.8 Å². The second-order valence-corrected chi connectivity index (χ2v) is 4.65. The first-order valence-corrected chi connectivity index (χ1v) is 6.47. The van der Waals surface area contributed by atoms with E-state index in [2.05, 4.69) is 4.98 Å². The van der Waals surface area contributed by atoms with E-state index in [4.69, 9.17) is 9.47 Å². The minimum atomic E-state index is -0.362. The third-order valence-corrected chi connectivity index (χ3v) is 3.41. The van der Waals surface area contributed by atoms with Crippen LogP contribution >= 0.6 is 0 Å². The van der Waals surface area contributed by atoms with Crippen LogP contribution in [0, 0.1) is 0 Å². The van der Waals surface area contributed by atoms with E-state index in [0.717, 1.165) is 37.2 Å². The number of hydrogen-bond acceptors (Lipinski definition) is 4. The molecule has 1 atom stereocenters. The Bertz CT molecular complexity index is 600. The average Bonchev–Trinajstić information content (AvgIpc) is 2.91. The number of ether oxygens (including phenoxy) is 2. The number of methoxy groups -OCH3 is 1. The fourth-order valence-electron chi connectivity index (χ4n) is 2.43. The number of fused-ring (bicyclic) bond motifs is 1. The zero-order valence-corrected chi connectivity index (χ0v) is 10.8. The maximum atomic E-state index is 11.7. The summed E-state index contributed by atoms with van der Waals surface area (Å²) in [4.78, 5) is 16.3. The summed E-state index contributed by atoms with van der Waals surface area (Å²) in [5, 5.41) is 0. The quantitative estimate of drug-likeness (QED) is 0.778. The van der Waals surface area contributed by atoms with Crippen molar-refractivity contribution in [1.82, 2.24) is 9.38 Å². The van der Waals surface area contributed by atoms with E-state index in [9.17, 15) is 4.79 Å². The predicted molar refractivity (Wildman–Crippen MR) is 69.1 cm³/mol. The molecule has 1 aliphatic heterocycles. The van der Waals surface area contributed by atoms with Gasteiger partial charge in [0, 0.05) is 12.8 Å². The fourth-order valence-corrected chi connectivity index (χ4v) is 2.43. The van der Waals surface area contributed by atoms with Gasteiger partial charge in [-0.1, -0.05) is 6.07 Å². The van der Waals surface area contributed by atoms with Crippen molar-refractivity contribution in [1.29, 1.82) is 0 Å². The van der Waals surface area contributed by atoms with Crippen molar-refractivity contribution in [2.45, 2.75) is 25.4 Å². The van der Waals surface area contributed by atoms with Crippen LogP contribution in [0.5, 0.6) is 0 Å². The van der Waals surface area contributed by atoms with Gasteiger partial charge in [0.2, 0.25) is 0 Å². The Hall–Kier alpha value is -1.88. The summed E-state index contributed by atoms with van der Waals surface area (Å²) < 4.78 is 12.3. The molecule has 1 saturated heterocycles. The zero-order valence-electron chi connectivity index (χ0n) is 10.8. The number of esters is 1. The highest BCUT2D eigenvalue weighted by molar-refractivity contribution is 5.88. The lowest BCUT2D eigenvalue weighted by Gasteiger charge is -2.20. The van der Waals surface area contributed by atoms with Crippen LogP contribution < -0.4 is 0 Å². The van der Waals surface area contributed by atoms with Crippen LogP contribution in [0.15, 0.2) is 24.4 Å². The molecule has 0 radical (unpaired) electrons. The largest absolute Gasteiger partial charge is 0.464 e. The lowest BCUT2D eigenvalue weighted by Crippen LogP contribution is -2.11. The van der Waals surface area contributed by atoms with Gasteiger partial charge in [0.05, 0.1) is 12.8 Å². The second kappa shape index (κ2) is 5.01. The van der Waals surface area contributed by atoms with Crippen molar-refractivity contribution in [2.24, 2.45) is 0 Å². The molecular formula is C14H16N2O3. The summed E-state index contributed by atoms with van der Waals surface area (Å²) in [5.74, 6) is -0.362. The molecular weight excluding hydrogens is 244 g/mol. The van der Waals surface area contributed by atoms with Crippen LogP contribution in [-0.4, -0.2) is 29.1 Å². The molecule has 0 aromatic carbocycles. The first-order chi connectivity index (χ1) is 9.29. The van der Waals surface area contributed by atoms with Crippen molar-refractivity contribution >= 4 is 11.6 Å². The summed E-state index contributed by atoms with van der Waals surface area (Å²) in [6.07, 6.45) is 5.16. The lowest BCUT2D eigenvalue weighted by molar-refractivity contribution is 0.0126. The molecule has 0 amide bonds. The van der Waals surface area contributed by atoms with Crippen molar-refractivity contribution < 1.29 is 14.3 Å². The Morgan fingerprint density at radius 2 is 2.37 bits per heavy atom. The van der Waals surface area contributed by atoms with Crippen LogP contribution in [0.4, 0.5) is 0 Å². The minimum absolute atomic E-state index is 0.0409. The molecule has 100 valence electrons. The molecule has 0 N–H and O–H groups in total. The Labute approximate surface area is 111 Å². The number of hydrogen-bond donors (Lipinski definition) is 0. The third-order valence-electron chi connectivity index (χ3n) is 3.41. The molecule has 3 heterocycles. The molecule has 0 aliphatic carbocycles. The van der Waals surface area contributed by atoms with Crippen molar-refractivity contribution in [3.8, 4) is 0 Å². The normalized spacial score (nSPS) is 19.5. The fraction of sp³-hybridized carbons (Fsp3) is 0.429. The average molecular weight is 260 g/mol. The first-order valence-electron chi connectivity index (χ1n) is 6.47. The van der Waals surface area contributed by atoms with Gasteiger partial charge in [-0.05, 0) is 31.4 Å². The summed E-state index contributed by atoms with van der Waals surface area (Å²) in [5.41, 5.74) is 2.11. The Morgan fingerprint density at radius 1 is 1.47 bits per heavy atom. The van der Waals surface area contributed by atoms with Crippen LogP contribution in [-0.2, 0) is 9.47 Å². The van der Waals surface area contributed by atoms with E-state index in [-0.39, 0.29) is 12.1 Å². The van der Waals surface area contributed by atoms with Gasteiger partial charge in [-0.3, -0.25) is 4.40 Å². The minimum Gasteiger partial charge on any atom is -0.464 e. The molecule has 5 nitrogen and oxygen atoms in total. The number of pyridine rings is 1. The number of carbonyl (C=O) groups excluding carboxylic acids is 1. The standard InChI is InChI=1S/C14H16N2O3/c1-18-14(17)11-5-4-7-13-15-10(9-16(11)13)12-6-2-3-8-19-12/h4-5,7,9,12H,2-3,6,8H2,1H3. The van der Waals surface area contributed by atoms with E-state index < -0.39 is 0 Å². The summed E-state index contributed by atoms with van der Waals surface area (Å²) in [6, 6.07) is 5.41. The lowest BCUT2D eigenvalue weighted by atomic mass is 10.1. The van der Waals surface area contributed by atoms with Crippen LogP contribution in [0.2, 0.25) is 0 Å². The molecule has 0 saturated carbocycles. The van der Waals surface area contributed by atoms with Gasteiger partial charge >= 0.3 is 5.97 Å². The van der Waals surface area contributed by atoms with E-state index in [1.807, 2.05) is 12.3 Å². The Balaban J connectivity index is 2.02. The van der Waals surface area contributed by atoms with Crippen LogP contribution in [0.1, 0.15) is 41.5 Å². The van der Waals surface area contributed by atoms with Crippen LogP contribution in [0.25, 0.3) is 5.65 Å². The van der Waals surface area contributed by atoms with Gasteiger partial charge in [0.1, 0.15) is 17.4 Å². The van der Waals surface area contributed by atoms with Gasteiger partial charge in [-0.2, -0.15) is 0 Å². The number of carbonyl (C=O) groups is 1. The molecule has 0 spiro atoms. The van der Waals surface area contributed by atoms with E-state index in [0.29, 0.717) is 5.69 Å². The second-order valence-electron chi connectivity index (χ2n) is 4.65. The first kappa shape index (κ1) is 12.2. The molecule has 1 aliphatic rings. The molecule has 1 unspecified atom stereocenters. The number of aromatic nitrogens is 2. The highest BCUT2D eigenvalue weighted by Gasteiger charge is 2.20. The highest BCUT2D eigenvalue weighted by atomic mass is 16.5. The third kappa shape index (κ3) is 2.21. The Kier molecular flexibility index (Phi) is 3.21. The zero-order chi connectivity index (χ0) is 13.2. The highest BCUT2D eigenvalue weighted by Crippen LogP contribution is 2.27. The molecule has 19 heavy (non-hydrogen) atoms. The van der Waals surface area contributed by atoms with Gasteiger partial charge in [-0.25, -0.2) is 9.78 Å². The molecule has 3 rings (SSSR count). The maximum absolute atomic E-state index is 11.7. The molecule has 2 aromatic heterocycles. The van der Waals surface area contributed by atoms with Crippen molar-refractivity contribution in [2.75, 3.05) is 13.7 Å². The maximum Gasteiger partial charge on any atom is 0.355 e. The van der Waals surface area contributed by atoms with E-state index >= 15 is 0 Å². The van der Waals surface area contributed by atoms with E-state index in [1.54, 1.807) is 16.5 Å². The van der Waals surface area contributed by atoms with Crippen molar-refractivity contribution in [3.05, 3.63) is 35.8 Å². The summed E-state index contributed by atoms with van der Waals surface area (Å²) in [7, 11) is 1.38. The summed E-state index contributed by atoms with van der Waals surface area (Å²) in [6.45, 7) is 0.780. The smallest absolute Gasteiger partial charge is 0.355 e. The number of rotatable bonds is 2. The molecule has 0 bridgehead atoms. The van der Waals surface area contributed by atoms with Gasteiger partial charge in [0.15, 0.2) is 0 Å². The van der Waals surface area contributed by atoms with E-state index in [1.165, 1.54) is 7.11 Å². The van der Waals surface area contributed by atoms with Gasteiger partial charge in [0.25, 0.3) is 0 Å². The Morgan fingerprint density at radius 3 is 3.11 bits per heavy atom. The van der Waals surface area contributed by atoms with Crippen LogP contribution in [0.3, 0.4) is 0 Å². The van der Waals surface area contributed by atoms with Gasteiger partial charge < -0.3 is 9.47 Å². The SMILES string of the molecule is COC(=O)c1cccc2nc(C3CCCCO3)cn12. The molecule has 5 heteroatoms.